The lowest BCUT2D eigenvalue weighted by Gasteiger charge is -2.20. The average Bonchev–Trinajstić information content (AvgIpc) is 3.10. The molecule has 0 radical (unpaired) electrons. The highest BCUT2D eigenvalue weighted by atomic mass is 16.5. The van der Waals surface area contributed by atoms with E-state index in [0.29, 0.717) is 25.6 Å². The fourth-order valence-corrected chi connectivity index (χ4v) is 1.76. The number of nitrogens with zero attached hydrogens (tertiary/aromatic N) is 1. The van der Waals surface area contributed by atoms with Crippen LogP contribution >= 0.6 is 0 Å². The van der Waals surface area contributed by atoms with Gasteiger partial charge in [0.2, 0.25) is 5.91 Å². The molecule has 0 aliphatic heterocycles. The van der Waals surface area contributed by atoms with E-state index in [9.17, 15) is 9.59 Å². The van der Waals surface area contributed by atoms with E-state index in [1.807, 2.05) is 4.90 Å². The van der Waals surface area contributed by atoms with Crippen molar-refractivity contribution >= 4 is 11.9 Å². The maximum absolute atomic E-state index is 11.6. The molecule has 1 aliphatic carbocycles. The van der Waals surface area contributed by atoms with E-state index < -0.39 is 0 Å². The summed E-state index contributed by atoms with van der Waals surface area (Å²) < 4.78 is 4.92. The summed E-state index contributed by atoms with van der Waals surface area (Å²) in [4.78, 5) is 24.9. The number of carbonyl (C=O) groups excluding carboxylic acids is 2. The normalized spacial score (nSPS) is 14.6. The fourth-order valence-electron chi connectivity index (χ4n) is 1.76. The minimum atomic E-state index is -0.214. The summed E-state index contributed by atoms with van der Waals surface area (Å²) >= 11 is 0. The third kappa shape index (κ3) is 6.59. The van der Waals surface area contributed by atoms with Gasteiger partial charge in [-0.25, -0.2) is 0 Å². The molecule has 0 unspecified atom stereocenters. The number of hydrogen-bond acceptors (Lipinski definition) is 4. The third-order valence-corrected chi connectivity index (χ3v) is 2.80. The Morgan fingerprint density at radius 2 is 2.00 bits per heavy atom. The van der Waals surface area contributed by atoms with Gasteiger partial charge in [0.25, 0.3) is 0 Å². The molecule has 0 aromatic carbocycles. The van der Waals surface area contributed by atoms with Gasteiger partial charge in [0, 0.05) is 19.0 Å². The largest absolute Gasteiger partial charge is 0.465 e. The molecule has 5 heteroatoms. The molecule has 0 heterocycles. The third-order valence-electron chi connectivity index (χ3n) is 2.80. The molecule has 0 atom stereocenters. The number of ether oxygens (including phenoxy) is 1. The van der Waals surface area contributed by atoms with E-state index in [1.54, 1.807) is 6.92 Å². The maximum atomic E-state index is 11.6. The smallest absolute Gasteiger partial charge is 0.320 e. The van der Waals surface area contributed by atoms with Crippen LogP contribution in [-0.2, 0) is 14.3 Å². The molecule has 18 heavy (non-hydrogen) atoms. The second-order valence-corrected chi connectivity index (χ2v) is 4.67. The highest BCUT2D eigenvalue weighted by Crippen LogP contribution is 2.18. The molecule has 1 saturated carbocycles. The van der Waals surface area contributed by atoms with Crippen molar-refractivity contribution in [1.82, 2.24) is 10.2 Å². The Hall–Kier alpha value is -1.10. The van der Waals surface area contributed by atoms with Gasteiger partial charge in [-0.2, -0.15) is 0 Å². The van der Waals surface area contributed by atoms with E-state index >= 15 is 0 Å². The second-order valence-electron chi connectivity index (χ2n) is 4.67. The van der Waals surface area contributed by atoms with E-state index in [2.05, 4.69) is 12.2 Å². The number of amides is 1. The first-order valence-electron chi connectivity index (χ1n) is 6.83. The molecule has 0 aromatic rings. The lowest BCUT2D eigenvalue weighted by Crippen LogP contribution is -2.36. The topological polar surface area (TPSA) is 58.6 Å². The minimum absolute atomic E-state index is 0.0856. The Labute approximate surface area is 109 Å². The van der Waals surface area contributed by atoms with Crippen molar-refractivity contribution in [3.8, 4) is 0 Å². The SMILES string of the molecule is CCCN(CCC(=O)NC1CC1)CC(=O)OCC. The van der Waals surface area contributed by atoms with Gasteiger partial charge in [-0.15, -0.1) is 0 Å². The number of hydrogen-bond donors (Lipinski definition) is 1. The van der Waals surface area contributed by atoms with E-state index in [-0.39, 0.29) is 18.4 Å². The second kappa shape index (κ2) is 8.08. The van der Waals surface area contributed by atoms with Crippen molar-refractivity contribution < 1.29 is 14.3 Å². The summed E-state index contributed by atoms with van der Waals surface area (Å²) in [7, 11) is 0. The highest BCUT2D eigenvalue weighted by Gasteiger charge is 2.23. The van der Waals surface area contributed by atoms with Crippen molar-refractivity contribution in [3.63, 3.8) is 0 Å². The molecule has 1 rings (SSSR count). The molecule has 1 N–H and O–H groups in total. The van der Waals surface area contributed by atoms with Gasteiger partial charge in [0.15, 0.2) is 0 Å². The quantitative estimate of drug-likeness (QED) is 0.624. The molecule has 1 fully saturated rings. The van der Waals surface area contributed by atoms with Gasteiger partial charge in [-0.3, -0.25) is 14.5 Å². The summed E-state index contributed by atoms with van der Waals surface area (Å²) in [5.74, 6) is -0.129. The Morgan fingerprint density at radius 1 is 1.28 bits per heavy atom. The van der Waals surface area contributed by atoms with Crippen LogP contribution in [0.3, 0.4) is 0 Å². The maximum Gasteiger partial charge on any atom is 0.320 e. The van der Waals surface area contributed by atoms with Crippen molar-refractivity contribution in [2.75, 3.05) is 26.2 Å². The average molecular weight is 256 g/mol. The van der Waals surface area contributed by atoms with E-state index in [1.165, 1.54) is 0 Å². The van der Waals surface area contributed by atoms with Crippen LogP contribution in [0.15, 0.2) is 0 Å². The zero-order valence-corrected chi connectivity index (χ0v) is 11.4. The molecule has 1 amide bonds. The van der Waals surface area contributed by atoms with Crippen molar-refractivity contribution in [2.24, 2.45) is 0 Å². The minimum Gasteiger partial charge on any atom is -0.465 e. The van der Waals surface area contributed by atoms with Crippen molar-refractivity contribution in [2.45, 2.75) is 45.6 Å². The molecule has 0 saturated heterocycles. The van der Waals surface area contributed by atoms with Crippen molar-refractivity contribution in [1.29, 1.82) is 0 Å². The van der Waals surface area contributed by atoms with Crippen LogP contribution in [0.5, 0.6) is 0 Å². The molecule has 1 aliphatic rings. The number of carbonyl (C=O) groups is 2. The summed E-state index contributed by atoms with van der Waals surface area (Å²) in [6, 6.07) is 0.405. The van der Waals surface area contributed by atoms with Gasteiger partial charge in [0.05, 0.1) is 13.2 Å². The lowest BCUT2D eigenvalue weighted by atomic mass is 10.3. The Bertz CT molecular complexity index is 277. The molecular weight excluding hydrogens is 232 g/mol. The summed E-state index contributed by atoms with van der Waals surface area (Å²) in [5, 5.41) is 2.95. The Kier molecular flexibility index (Phi) is 6.72. The zero-order chi connectivity index (χ0) is 13.4. The summed E-state index contributed by atoms with van der Waals surface area (Å²) in [5.41, 5.74) is 0. The molecule has 104 valence electrons. The monoisotopic (exact) mass is 256 g/mol. The van der Waals surface area contributed by atoms with Crippen LogP contribution in [-0.4, -0.2) is 49.1 Å². The van der Waals surface area contributed by atoms with Crippen molar-refractivity contribution in [3.05, 3.63) is 0 Å². The standard InChI is InChI=1S/C13H24N2O3/c1-3-8-15(10-13(17)18-4-2)9-7-12(16)14-11-5-6-11/h11H,3-10H2,1-2H3,(H,14,16). The predicted molar refractivity (Wildman–Crippen MR) is 69.1 cm³/mol. The molecule has 5 nitrogen and oxygen atoms in total. The van der Waals surface area contributed by atoms with Crippen LogP contribution in [0.4, 0.5) is 0 Å². The zero-order valence-electron chi connectivity index (χ0n) is 11.4. The van der Waals surface area contributed by atoms with Crippen LogP contribution in [0.2, 0.25) is 0 Å². The first-order valence-corrected chi connectivity index (χ1v) is 6.83. The number of esters is 1. The van der Waals surface area contributed by atoms with Gasteiger partial charge in [-0.05, 0) is 32.7 Å². The number of nitrogens with one attached hydrogen (secondary N) is 1. The summed E-state index contributed by atoms with van der Waals surface area (Å²) in [6.45, 7) is 5.97. The van der Waals surface area contributed by atoms with E-state index in [4.69, 9.17) is 4.74 Å². The van der Waals surface area contributed by atoms with Crippen LogP contribution in [0, 0.1) is 0 Å². The van der Waals surface area contributed by atoms with Crippen LogP contribution in [0.25, 0.3) is 0 Å². The van der Waals surface area contributed by atoms with Crippen LogP contribution in [0.1, 0.15) is 39.5 Å². The highest BCUT2D eigenvalue weighted by molar-refractivity contribution is 5.77. The first kappa shape index (κ1) is 15.0. The fraction of sp³-hybridized carbons (Fsp3) is 0.846. The summed E-state index contributed by atoms with van der Waals surface area (Å²) in [6.07, 6.45) is 3.63. The molecule has 0 aromatic heterocycles. The first-order chi connectivity index (χ1) is 8.65. The van der Waals surface area contributed by atoms with Gasteiger partial charge in [-0.1, -0.05) is 6.92 Å². The Morgan fingerprint density at radius 3 is 2.56 bits per heavy atom. The van der Waals surface area contributed by atoms with E-state index in [0.717, 1.165) is 25.8 Å². The predicted octanol–water partition coefficient (Wildman–Crippen LogP) is 0.930. The van der Waals surface area contributed by atoms with Gasteiger partial charge in [0.1, 0.15) is 0 Å². The number of rotatable bonds is 9. The molecule has 0 spiro atoms. The lowest BCUT2D eigenvalue weighted by molar-refractivity contribution is -0.144. The van der Waals surface area contributed by atoms with Gasteiger partial charge < -0.3 is 10.1 Å². The Balaban J connectivity index is 2.22. The van der Waals surface area contributed by atoms with Crippen LogP contribution < -0.4 is 5.32 Å². The van der Waals surface area contributed by atoms with Gasteiger partial charge >= 0.3 is 5.97 Å². The molecular formula is C13H24N2O3. The molecule has 0 bridgehead atoms.